The first-order valence-electron chi connectivity index (χ1n) is 7.27. The van der Waals surface area contributed by atoms with Crippen molar-refractivity contribution < 1.29 is 14.3 Å². The lowest BCUT2D eigenvalue weighted by Crippen LogP contribution is -2.71. The van der Waals surface area contributed by atoms with Gasteiger partial charge in [0.05, 0.1) is 25.7 Å². The van der Waals surface area contributed by atoms with E-state index in [1.165, 1.54) is 5.56 Å². The number of likely N-dealkylation sites (tertiary alicyclic amines) is 1. The molecule has 3 heterocycles. The largest absolute Gasteiger partial charge is 0.444 e. The Morgan fingerprint density at radius 1 is 1.52 bits per heavy atom. The molecule has 1 amide bonds. The zero-order valence-electron chi connectivity index (χ0n) is 12.7. The molecule has 3 rings (SSSR count). The minimum atomic E-state index is -0.460. The third-order valence-corrected chi connectivity index (χ3v) is 4.51. The van der Waals surface area contributed by atoms with Gasteiger partial charge in [-0.25, -0.2) is 4.79 Å². The van der Waals surface area contributed by atoms with Gasteiger partial charge in [-0.1, -0.05) is 0 Å². The molecule has 0 bridgehead atoms. The molecule has 1 unspecified atom stereocenters. The van der Waals surface area contributed by atoms with Crippen molar-refractivity contribution in [3.63, 3.8) is 0 Å². The highest BCUT2D eigenvalue weighted by atomic mass is 32.1. The first-order chi connectivity index (χ1) is 9.90. The molecule has 1 spiro atoms. The van der Waals surface area contributed by atoms with Crippen LogP contribution in [0.5, 0.6) is 0 Å². The molecule has 1 aromatic heterocycles. The molecule has 0 radical (unpaired) electrons. The lowest BCUT2D eigenvalue weighted by atomic mass is 9.82. The molecule has 2 fully saturated rings. The number of nitrogens with one attached hydrogen (secondary N) is 1. The van der Waals surface area contributed by atoms with E-state index in [0.29, 0.717) is 19.7 Å². The smallest absolute Gasteiger partial charge is 0.410 e. The Bertz CT molecular complexity index is 503. The van der Waals surface area contributed by atoms with E-state index in [4.69, 9.17) is 9.47 Å². The van der Waals surface area contributed by atoms with Gasteiger partial charge in [0.15, 0.2) is 0 Å². The Balaban J connectivity index is 1.67. The highest BCUT2D eigenvalue weighted by Crippen LogP contribution is 2.40. The van der Waals surface area contributed by atoms with Gasteiger partial charge < -0.3 is 19.7 Å². The summed E-state index contributed by atoms with van der Waals surface area (Å²) >= 11 is 1.68. The predicted octanol–water partition coefficient (Wildman–Crippen LogP) is 2.40. The van der Waals surface area contributed by atoms with Gasteiger partial charge in [0, 0.05) is 6.54 Å². The number of hydrogen-bond acceptors (Lipinski definition) is 5. The summed E-state index contributed by atoms with van der Waals surface area (Å²) in [4.78, 5) is 13.8. The number of ether oxygens (including phenoxy) is 2. The van der Waals surface area contributed by atoms with Crippen LogP contribution in [0.25, 0.3) is 0 Å². The third kappa shape index (κ3) is 2.93. The summed E-state index contributed by atoms with van der Waals surface area (Å²) < 4.78 is 11.5. The second kappa shape index (κ2) is 5.26. The highest BCUT2D eigenvalue weighted by Gasteiger charge is 2.54. The summed E-state index contributed by atoms with van der Waals surface area (Å²) in [6.45, 7) is 8.33. The Kier molecular flexibility index (Phi) is 3.71. The van der Waals surface area contributed by atoms with E-state index < -0.39 is 5.60 Å². The number of amides is 1. The van der Waals surface area contributed by atoms with Crippen LogP contribution in [0.3, 0.4) is 0 Å². The van der Waals surface area contributed by atoms with E-state index in [1.807, 2.05) is 20.8 Å². The van der Waals surface area contributed by atoms with E-state index in [2.05, 4.69) is 22.1 Å². The van der Waals surface area contributed by atoms with Crippen molar-refractivity contribution in [3.05, 3.63) is 22.4 Å². The summed E-state index contributed by atoms with van der Waals surface area (Å²) in [5.74, 6) is 0. The SMILES string of the molecule is CC(C)(C)OC(=O)N1CC2(C1)OCCNC2c1ccsc1. The molecule has 1 atom stereocenters. The molecular weight excluding hydrogens is 288 g/mol. The van der Waals surface area contributed by atoms with Gasteiger partial charge >= 0.3 is 6.09 Å². The molecule has 1 aromatic rings. The first-order valence-corrected chi connectivity index (χ1v) is 8.21. The molecule has 6 heteroatoms. The van der Waals surface area contributed by atoms with Gasteiger partial charge in [0.1, 0.15) is 11.2 Å². The molecule has 2 aliphatic rings. The summed E-state index contributed by atoms with van der Waals surface area (Å²) in [5.41, 5.74) is 0.470. The topological polar surface area (TPSA) is 50.8 Å². The summed E-state index contributed by atoms with van der Waals surface area (Å²) in [7, 11) is 0. The third-order valence-electron chi connectivity index (χ3n) is 3.81. The van der Waals surface area contributed by atoms with Crippen LogP contribution in [0, 0.1) is 0 Å². The van der Waals surface area contributed by atoms with Crippen LogP contribution >= 0.6 is 11.3 Å². The van der Waals surface area contributed by atoms with Crippen LogP contribution < -0.4 is 5.32 Å². The summed E-state index contributed by atoms with van der Waals surface area (Å²) in [6, 6.07) is 2.27. The molecule has 2 aliphatic heterocycles. The Labute approximate surface area is 129 Å². The van der Waals surface area contributed by atoms with Crippen molar-refractivity contribution in [1.82, 2.24) is 10.2 Å². The average Bonchev–Trinajstić information content (AvgIpc) is 2.87. The maximum absolute atomic E-state index is 12.1. The molecule has 116 valence electrons. The zero-order valence-corrected chi connectivity index (χ0v) is 13.5. The van der Waals surface area contributed by atoms with Gasteiger partial charge in [-0.2, -0.15) is 11.3 Å². The minimum Gasteiger partial charge on any atom is -0.444 e. The second-order valence-electron chi connectivity index (χ2n) is 6.69. The van der Waals surface area contributed by atoms with Crippen LogP contribution in [0.4, 0.5) is 4.79 Å². The van der Waals surface area contributed by atoms with Crippen LogP contribution in [0.1, 0.15) is 32.4 Å². The lowest BCUT2D eigenvalue weighted by Gasteiger charge is -2.55. The first kappa shape index (κ1) is 14.8. The van der Waals surface area contributed by atoms with Crippen LogP contribution in [0.2, 0.25) is 0 Å². The monoisotopic (exact) mass is 310 g/mol. The summed E-state index contributed by atoms with van der Waals surface area (Å²) in [5, 5.41) is 7.74. The Hall–Kier alpha value is -1.11. The maximum Gasteiger partial charge on any atom is 0.410 e. The molecule has 2 saturated heterocycles. The molecular formula is C15H22N2O3S. The summed E-state index contributed by atoms with van der Waals surface area (Å²) in [6.07, 6.45) is -0.258. The molecule has 0 aromatic carbocycles. The Morgan fingerprint density at radius 3 is 2.90 bits per heavy atom. The second-order valence-corrected chi connectivity index (χ2v) is 7.47. The molecule has 1 N–H and O–H groups in total. The number of carbonyl (C=O) groups excluding carboxylic acids is 1. The normalized spacial score (nSPS) is 24.7. The quantitative estimate of drug-likeness (QED) is 0.865. The number of nitrogens with zero attached hydrogens (tertiary/aromatic N) is 1. The fourth-order valence-corrected chi connectivity index (χ4v) is 3.60. The van der Waals surface area contributed by atoms with E-state index in [-0.39, 0.29) is 17.7 Å². The van der Waals surface area contributed by atoms with Gasteiger partial charge in [0.2, 0.25) is 0 Å². The Morgan fingerprint density at radius 2 is 2.29 bits per heavy atom. The van der Waals surface area contributed by atoms with Crippen molar-refractivity contribution in [2.24, 2.45) is 0 Å². The minimum absolute atomic E-state index is 0.149. The molecule has 0 aliphatic carbocycles. The highest BCUT2D eigenvalue weighted by molar-refractivity contribution is 7.08. The fraction of sp³-hybridized carbons (Fsp3) is 0.667. The van der Waals surface area contributed by atoms with Gasteiger partial charge in [-0.3, -0.25) is 0 Å². The molecule has 21 heavy (non-hydrogen) atoms. The fourth-order valence-electron chi connectivity index (χ4n) is 2.92. The number of carbonyl (C=O) groups is 1. The van der Waals surface area contributed by atoms with E-state index >= 15 is 0 Å². The van der Waals surface area contributed by atoms with Crippen molar-refractivity contribution in [1.29, 1.82) is 0 Å². The molecule has 5 nitrogen and oxygen atoms in total. The van der Waals surface area contributed by atoms with E-state index in [0.717, 1.165) is 6.54 Å². The van der Waals surface area contributed by atoms with Crippen molar-refractivity contribution in [3.8, 4) is 0 Å². The number of morpholine rings is 1. The van der Waals surface area contributed by atoms with E-state index in [9.17, 15) is 4.79 Å². The standard InChI is InChI=1S/C15H22N2O3S/c1-14(2,3)20-13(18)17-9-15(10-17)12(16-5-6-19-15)11-4-7-21-8-11/h4,7-8,12,16H,5-6,9-10H2,1-3H3. The van der Waals surface area contributed by atoms with Crippen molar-refractivity contribution >= 4 is 17.4 Å². The van der Waals surface area contributed by atoms with Gasteiger partial charge in [-0.15, -0.1) is 0 Å². The number of rotatable bonds is 1. The van der Waals surface area contributed by atoms with Crippen LogP contribution in [-0.4, -0.2) is 48.4 Å². The van der Waals surface area contributed by atoms with E-state index in [1.54, 1.807) is 16.2 Å². The van der Waals surface area contributed by atoms with Gasteiger partial charge in [0.25, 0.3) is 0 Å². The molecule has 0 saturated carbocycles. The maximum atomic E-state index is 12.1. The van der Waals surface area contributed by atoms with Gasteiger partial charge in [-0.05, 0) is 43.2 Å². The average molecular weight is 310 g/mol. The number of hydrogen-bond donors (Lipinski definition) is 1. The lowest BCUT2D eigenvalue weighted by molar-refractivity contribution is -0.176. The van der Waals surface area contributed by atoms with Crippen molar-refractivity contribution in [2.45, 2.75) is 38.0 Å². The zero-order chi connectivity index (χ0) is 15.1. The predicted molar refractivity (Wildman–Crippen MR) is 81.6 cm³/mol. The van der Waals surface area contributed by atoms with Crippen LogP contribution in [0.15, 0.2) is 16.8 Å². The number of thiophene rings is 1. The van der Waals surface area contributed by atoms with Crippen LogP contribution in [-0.2, 0) is 9.47 Å². The van der Waals surface area contributed by atoms with Crippen molar-refractivity contribution in [2.75, 3.05) is 26.2 Å².